The van der Waals surface area contributed by atoms with Gasteiger partial charge in [-0.2, -0.15) is 0 Å². The second kappa shape index (κ2) is 32.4. The van der Waals surface area contributed by atoms with Gasteiger partial charge in [-0.3, -0.25) is 19.2 Å². The Bertz CT molecular complexity index is 6030. The molecule has 0 amide bonds. The van der Waals surface area contributed by atoms with Gasteiger partial charge in [-0.1, -0.05) is 235 Å². The van der Waals surface area contributed by atoms with Crippen molar-refractivity contribution >= 4 is 56.3 Å². The second-order valence-corrected chi connectivity index (χ2v) is 61.6. The van der Waals surface area contributed by atoms with Crippen molar-refractivity contribution in [2.75, 3.05) is 20.4 Å². The predicted molar refractivity (Wildman–Crippen MR) is 561 cm³/mol. The van der Waals surface area contributed by atoms with Crippen LogP contribution in [0.3, 0.4) is 0 Å². The number of nitrogens with two attached hydrogens (primary N) is 2. The molecule has 0 spiro atoms. The Hall–Kier alpha value is -6.71. The summed E-state index contributed by atoms with van der Waals surface area (Å²) in [6, 6.07) is 0. The van der Waals surface area contributed by atoms with E-state index in [0.717, 1.165) is 179 Å². The van der Waals surface area contributed by atoms with E-state index in [0.29, 0.717) is 23.9 Å². The fraction of sp³-hybridized carbons (Fsp3) is 0.789. The Morgan fingerprint density at radius 1 is 0.331 bits per heavy atom. The highest BCUT2D eigenvalue weighted by Crippen LogP contribution is 2.81. The van der Waals surface area contributed by atoms with E-state index in [1.165, 1.54) is 23.8 Å². The molecule has 142 heavy (non-hydrogen) atoms. The Morgan fingerprint density at radius 2 is 0.620 bits per heavy atom. The number of fused-ring (bicyclic) bond motifs is 28. The van der Waals surface area contributed by atoms with Crippen LogP contribution in [0.2, 0.25) is 0 Å². The lowest BCUT2D eigenvalue weighted by atomic mass is 9.32. The number of carbonyl (C=O) groups excluding carboxylic acids is 8. The molecule has 0 aromatic heterocycles. The van der Waals surface area contributed by atoms with E-state index in [1.807, 2.05) is 97.9 Å². The fourth-order valence-corrected chi connectivity index (χ4v) is 41.5. The molecular formula is C123H176N8O10S. The van der Waals surface area contributed by atoms with Crippen LogP contribution in [-0.2, 0) is 48.4 Å². The van der Waals surface area contributed by atoms with Crippen molar-refractivity contribution in [2.24, 2.45) is 197 Å². The SMILES string of the molecule is [C-]#[N+]C1=C[C@]2(C)C3=CC(=O)[C@@H]4[C@@H]5CC(C)(C)CC[C@]5(N(C)C)CC[C@@]4(C)[C@]3(C)CC[C@H]2C(C)(C)C1=O.[C-]#[N+]C1=C[C@]2(C)C3=CC(=O)[C@@H]4[C@@H]5CC(C)(C)CC[C@]5(N)CC[C@@]4(C)[C@]3(C)CC[C@H]2C(C)(C)C1=O.[C-]#[N+]C1=C[C@]2(C)C3=CC(=O)[C@@H]4[C@@H]5CC(C)(C)CC[C@]5(NS(C)(=O)=O)CC[C@@]4(C)[C@]3(C)CC[C@H]2C(C)(C)C1=O.[C-]#[N+]C1=C[C@]2(C)[C@H]3CC(=O)[C@@H]4[C@@H]5CC(C)(C)CC[C@]5(N)CC[C@@]4(C)[C@]3(C)CC[C@H]2C(C)(C)C1=O. The van der Waals surface area contributed by atoms with E-state index in [2.05, 4.69) is 182 Å². The summed E-state index contributed by atoms with van der Waals surface area (Å²) in [5.41, 5.74) is 12.8. The van der Waals surface area contributed by atoms with Crippen LogP contribution < -0.4 is 16.2 Å². The van der Waals surface area contributed by atoms with Gasteiger partial charge in [0.25, 0.3) is 0 Å². The van der Waals surface area contributed by atoms with E-state index >= 15 is 0 Å². The average molecular weight is 1960 g/mol. The largest absolute Gasteiger partial charge is 0.325 e. The molecule has 20 rings (SSSR count). The number of hydrogen-bond donors (Lipinski definition) is 3. The first-order valence-corrected chi connectivity index (χ1v) is 56.9. The molecule has 0 bridgehead atoms. The number of carbonyl (C=O) groups is 8. The summed E-state index contributed by atoms with van der Waals surface area (Å²) < 4.78 is 28.3. The summed E-state index contributed by atoms with van der Waals surface area (Å²) in [5, 5.41) is 0. The van der Waals surface area contributed by atoms with Gasteiger partial charge in [-0.15, -0.1) is 0 Å². The van der Waals surface area contributed by atoms with Gasteiger partial charge in [0.1, 0.15) is 5.78 Å². The highest BCUT2D eigenvalue weighted by molar-refractivity contribution is 7.88. The van der Waals surface area contributed by atoms with Crippen LogP contribution >= 0.6 is 0 Å². The number of ketones is 8. The molecule has 19 heteroatoms. The molecule has 20 aliphatic rings. The van der Waals surface area contributed by atoms with Crippen LogP contribution in [-0.4, -0.2) is 102 Å². The van der Waals surface area contributed by atoms with Gasteiger partial charge in [0.15, 0.2) is 40.5 Å². The van der Waals surface area contributed by atoms with Crippen LogP contribution in [0.4, 0.5) is 0 Å². The van der Waals surface area contributed by atoms with E-state index in [9.17, 15) is 46.8 Å². The Balaban J connectivity index is 0.000000130. The van der Waals surface area contributed by atoms with Crippen molar-refractivity contribution in [3.8, 4) is 0 Å². The molecule has 29 atom stereocenters. The van der Waals surface area contributed by atoms with Gasteiger partial charge >= 0.3 is 0 Å². The molecule has 0 heterocycles. The topological polar surface area (TPSA) is 255 Å². The third-order valence-electron chi connectivity index (χ3n) is 49.3. The standard InChI is InChI=1S/C32H46N2O2.C31H44N2O4S.C30H44N2O2.C30H42N2O2/c1-27(2)13-15-32(34(9)10)16-14-31(7)25(20(32)18-27)22(35)17-24-29(5)19-21(33-8)26(36)28(3,4)23(29)11-12-30(24,31)6;1-26(2)12-14-31(33-38(9,36)37)15-13-30(7)24(19(31)17-26)21(34)16-23-28(5)18-20(32-8)25(35)27(3,4)22(28)10-11-29(23,30)6;2*1-25(2)11-13-30(31)14-12-29(7)23(18(30)16-25)20(33)15-22-27(5)17-19(32-8)24(34)26(3,4)21(27)9-10-28(22,29)6/h17,19-20,23,25H,11-16,18H2,1-7,9-10H3;16,18-19,22,24,33H,10-15,17H2,1-7,9H3;17-18,21-23H,9-16,31H2,1-7H3;15,17-18,21,23H,9-14,16,31H2,1-7H3/t20-,23-,25-,29-,30+,31+,32-;19-,22-,24-,28-,29+,30+,31-;18-,21-,22+,23-,27-,28+,29+,30-;18-,21-,23-,27-,28+,29+,30-/m0000/s1. The number of nitrogens with one attached hydrogen (secondary N) is 1. The van der Waals surface area contributed by atoms with Crippen LogP contribution in [0.15, 0.2) is 82.0 Å². The molecule has 774 valence electrons. The summed E-state index contributed by atoms with van der Waals surface area (Å²) >= 11 is 0. The molecule has 0 aromatic rings. The van der Waals surface area contributed by atoms with E-state index in [4.69, 9.17) is 37.8 Å². The van der Waals surface area contributed by atoms with Crippen molar-refractivity contribution in [3.63, 3.8) is 0 Å². The maximum atomic E-state index is 14.4. The van der Waals surface area contributed by atoms with Crippen LogP contribution in [0.5, 0.6) is 0 Å². The van der Waals surface area contributed by atoms with Crippen molar-refractivity contribution in [2.45, 2.75) is 402 Å². The third-order valence-corrected chi connectivity index (χ3v) is 50.1. The number of allylic oxidation sites excluding steroid dienone is 14. The first-order chi connectivity index (χ1) is 64.9. The smallest absolute Gasteiger partial charge is 0.226 e. The quantitative estimate of drug-likeness (QED) is 0.223. The lowest BCUT2D eigenvalue weighted by Gasteiger charge is -2.71. The zero-order valence-corrected chi connectivity index (χ0v) is 93.8. The van der Waals surface area contributed by atoms with Gasteiger partial charge in [0.05, 0.1) is 32.5 Å². The highest BCUT2D eigenvalue weighted by atomic mass is 32.2. The van der Waals surface area contributed by atoms with Crippen molar-refractivity contribution in [1.29, 1.82) is 0 Å². The average Bonchev–Trinajstić information content (AvgIpc) is 0.683. The molecule has 0 unspecified atom stereocenters. The molecule has 0 radical (unpaired) electrons. The van der Waals surface area contributed by atoms with E-state index < -0.39 is 53.5 Å². The van der Waals surface area contributed by atoms with Crippen molar-refractivity contribution < 1.29 is 46.8 Å². The molecule has 0 saturated heterocycles. The summed E-state index contributed by atoms with van der Waals surface area (Å²) in [6.45, 7) is 93.4. The number of rotatable bonds is 3. The van der Waals surface area contributed by atoms with Gasteiger partial charge in [-0.05, 0) is 336 Å². The summed E-state index contributed by atoms with van der Waals surface area (Å²) in [6.07, 6.45) is 43.0. The summed E-state index contributed by atoms with van der Waals surface area (Å²) in [5.74, 6) is 1.81. The highest BCUT2D eigenvalue weighted by Gasteiger charge is 2.78. The lowest BCUT2D eigenvalue weighted by molar-refractivity contribution is -0.213. The summed E-state index contributed by atoms with van der Waals surface area (Å²) in [7, 11) is 1.01. The Morgan fingerprint density at radius 3 is 1.00 bits per heavy atom. The Kier molecular flexibility index (Phi) is 24.3. The monoisotopic (exact) mass is 1960 g/mol. The zero-order chi connectivity index (χ0) is 105. The van der Waals surface area contributed by atoms with Crippen molar-refractivity contribution in [1.82, 2.24) is 9.62 Å². The fourth-order valence-electron chi connectivity index (χ4n) is 40.5. The van der Waals surface area contributed by atoms with E-state index in [1.54, 1.807) is 0 Å². The molecule has 0 aliphatic heterocycles. The number of Topliss-reactive ketones (excluding diaryl/α,β-unsaturated/α-hetero) is 5. The van der Waals surface area contributed by atoms with Gasteiger partial charge in [0, 0.05) is 90.2 Å². The molecule has 18 nitrogen and oxygen atoms in total. The lowest BCUT2D eigenvalue weighted by Crippen LogP contribution is -2.71. The molecule has 13 fully saturated rings. The molecule has 0 aromatic carbocycles. The predicted octanol–water partition coefficient (Wildman–Crippen LogP) is 25.4. The maximum Gasteiger partial charge on any atom is 0.226 e. The first-order valence-electron chi connectivity index (χ1n) is 55.1. The molecular weight excluding hydrogens is 1780 g/mol. The van der Waals surface area contributed by atoms with Gasteiger partial charge < -0.3 is 35.5 Å². The zero-order valence-electron chi connectivity index (χ0n) is 92.9. The van der Waals surface area contributed by atoms with Crippen molar-refractivity contribution in [3.05, 3.63) is 128 Å². The minimum atomic E-state index is -3.45. The van der Waals surface area contributed by atoms with E-state index in [-0.39, 0.29) is 216 Å². The Labute approximate surface area is 854 Å². The van der Waals surface area contributed by atoms with Crippen LogP contribution in [0, 0.1) is 212 Å². The van der Waals surface area contributed by atoms with Crippen LogP contribution in [0.25, 0.3) is 19.4 Å². The van der Waals surface area contributed by atoms with Gasteiger partial charge in [-0.25, -0.2) is 32.5 Å². The number of nitrogens with zero attached hydrogens (tertiary/aromatic N) is 5. The second-order valence-electron chi connectivity index (χ2n) is 59.8. The minimum absolute atomic E-state index is 0.0140. The summed E-state index contributed by atoms with van der Waals surface area (Å²) in [4.78, 5) is 127. The molecule has 13 saturated carbocycles. The first kappa shape index (κ1) is 107. The maximum absolute atomic E-state index is 14.4. The number of sulfonamides is 1. The van der Waals surface area contributed by atoms with Crippen LogP contribution in [0.1, 0.15) is 380 Å². The minimum Gasteiger partial charge on any atom is -0.325 e. The number of hydrogen-bond acceptors (Lipinski definition) is 13. The third kappa shape index (κ3) is 14.5. The molecule has 20 aliphatic carbocycles. The van der Waals surface area contributed by atoms with Gasteiger partial charge in [0.2, 0.25) is 32.8 Å². The normalized spacial score (nSPS) is 48.0. The molecule has 5 N–H and O–H groups in total.